The van der Waals surface area contributed by atoms with Gasteiger partial charge in [-0.3, -0.25) is 4.98 Å². The lowest BCUT2D eigenvalue weighted by Crippen LogP contribution is -2.24. The first-order valence-electron chi connectivity index (χ1n) is 6.56. The number of rotatable bonds is 2. The maximum absolute atomic E-state index is 9.43. The number of hydrogen-bond donors (Lipinski definition) is 1. The highest BCUT2D eigenvalue weighted by molar-refractivity contribution is 5.44. The maximum Gasteiger partial charge on any atom is 0.0931 e. The van der Waals surface area contributed by atoms with Crippen molar-refractivity contribution in [2.24, 2.45) is 5.92 Å². The quantitative estimate of drug-likeness (QED) is 0.854. The zero-order valence-corrected chi connectivity index (χ0v) is 10.8. The normalized spacial score (nSPS) is 23.2. The Morgan fingerprint density at radius 1 is 1.35 bits per heavy atom. The van der Waals surface area contributed by atoms with Gasteiger partial charge in [-0.25, -0.2) is 0 Å². The summed E-state index contributed by atoms with van der Waals surface area (Å²) in [6.07, 6.45) is 5.26. The first-order valence-corrected chi connectivity index (χ1v) is 6.56. The largest absolute Gasteiger partial charge is 0.387 e. The molecule has 0 amide bonds. The van der Waals surface area contributed by atoms with E-state index in [1.54, 1.807) is 6.92 Å². The zero-order chi connectivity index (χ0) is 12.3. The molecule has 1 aromatic rings. The van der Waals surface area contributed by atoms with Gasteiger partial charge in [0.1, 0.15) is 0 Å². The summed E-state index contributed by atoms with van der Waals surface area (Å²) in [5, 5.41) is 9.43. The Morgan fingerprint density at radius 3 is 2.82 bits per heavy atom. The number of aromatic nitrogens is 1. The van der Waals surface area contributed by atoms with E-state index in [4.69, 9.17) is 0 Å². The van der Waals surface area contributed by atoms with Gasteiger partial charge in [-0.2, -0.15) is 0 Å². The number of pyridine rings is 1. The molecule has 2 heterocycles. The average Bonchev–Trinajstić information content (AvgIpc) is 2.54. The Hall–Kier alpha value is -1.09. The van der Waals surface area contributed by atoms with Crippen LogP contribution < -0.4 is 4.90 Å². The molecule has 1 aromatic heterocycles. The smallest absolute Gasteiger partial charge is 0.0931 e. The molecule has 0 radical (unpaired) electrons. The second-order valence-electron chi connectivity index (χ2n) is 5.14. The summed E-state index contributed by atoms with van der Waals surface area (Å²) in [5.41, 5.74) is 1.93. The maximum atomic E-state index is 9.43. The molecule has 94 valence electrons. The van der Waals surface area contributed by atoms with Crippen LogP contribution in [-0.4, -0.2) is 23.2 Å². The monoisotopic (exact) mass is 234 g/mol. The second kappa shape index (κ2) is 5.50. The van der Waals surface area contributed by atoms with Gasteiger partial charge in [0.25, 0.3) is 0 Å². The lowest BCUT2D eigenvalue weighted by atomic mass is 10.0. The minimum Gasteiger partial charge on any atom is -0.387 e. The Bertz CT molecular complexity index is 348. The van der Waals surface area contributed by atoms with E-state index in [9.17, 15) is 5.11 Å². The highest BCUT2D eigenvalue weighted by Gasteiger charge is 2.14. The zero-order valence-electron chi connectivity index (χ0n) is 10.8. The van der Waals surface area contributed by atoms with Crippen LogP contribution in [0.2, 0.25) is 0 Å². The fourth-order valence-corrected chi connectivity index (χ4v) is 2.35. The van der Waals surface area contributed by atoms with E-state index in [0.717, 1.165) is 24.7 Å². The van der Waals surface area contributed by atoms with Crippen molar-refractivity contribution in [3.05, 3.63) is 24.0 Å². The van der Waals surface area contributed by atoms with E-state index in [1.807, 2.05) is 12.3 Å². The van der Waals surface area contributed by atoms with E-state index >= 15 is 0 Å². The predicted molar refractivity (Wildman–Crippen MR) is 70.1 cm³/mol. The van der Waals surface area contributed by atoms with Crippen molar-refractivity contribution < 1.29 is 5.11 Å². The Balaban J connectivity index is 2.06. The van der Waals surface area contributed by atoms with E-state index < -0.39 is 6.10 Å². The average molecular weight is 234 g/mol. The van der Waals surface area contributed by atoms with E-state index in [1.165, 1.54) is 24.9 Å². The van der Waals surface area contributed by atoms with Gasteiger partial charge >= 0.3 is 0 Å². The number of aliphatic hydroxyl groups is 1. The first-order chi connectivity index (χ1) is 8.16. The molecule has 2 rings (SSSR count). The third kappa shape index (κ3) is 3.19. The number of nitrogens with zero attached hydrogens (tertiary/aromatic N) is 2. The Labute approximate surface area is 103 Å². The van der Waals surface area contributed by atoms with Crippen molar-refractivity contribution in [3.63, 3.8) is 0 Å². The first kappa shape index (κ1) is 12.4. The molecule has 0 bridgehead atoms. The summed E-state index contributed by atoms with van der Waals surface area (Å²) < 4.78 is 0. The van der Waals surface area contributed by atoms with Crippen LogP contribution in [0, 0.1) is 5.92 Å². The highest BCUT2D eigenvalue weighted by Crippen LogP contribution is 2.22. The van der Waals surface area contributed by atoms with Crippen LogP contribution in [-0.2, 0) is 0 Å². The van der Waals surface area contributed by atoms with E-state index in [2.05, 4.69) is 22.9 Å². The van der Waals surface area contributed by atoms with Gasteiger partial charge in [0, 0.05) is 13.1 Å². The molecule has 1 N–H and O–H groups in total. The van der Waals surface area contributed by atoms with Crippen molar-refractivity contribution in [1.29, 1.82) is 0 Å². The molecule has 1 aliphatic rings. The third-order valence-electron chi connectivity index (χ3n) is 3.58. The molecule has 1 fully saturated rings. The predicted octanol–water partition coefficient (Wildman–Crippen LogP) is 2.76. The fraction of sp³-hybridized carbons (Fsp3) is 0.643. The molecule has 2 atom stereocenters. The number of anilines is 1. The van der Waals surface area contributed by atoms with Crippen molar-refractivity contribution in [2.45, 2.75) is 39.2 Å². The van der Waals surface area contributed by atoms with Crippen molar-refractivity contribution in [3.8, 4) is 0 Å². The lowest BCUT2D eigenvalue weighted by molar-refractivity contribution is 0.194. The molecule has 0 aromatic carbocycles. The van der Waals surface area contributed by atoms with Crippen LogP contribution in [0.1, 0.15) is 44.9 Å². The Kier molecular flexibility index (Phi) is 4.00. The fourth-order valence-electron chi connectivity index (χ4n) is 2.35. The van der Waals surface area contributed by atoms with Gasteiger partial charge < -0.3 is 10.0 Å². The molecule has 0 aliphatic carbocycles. The van der Waals surface area contributed by atoms with Gasteiger partial charge in [-0.15, -0.1) is 0 Å². The third-order valence-corrected chi connectivity index (χ3v) is 3.58. The number of hydrogen-bond acceptors (Lipinski definition) is 3. The SMILES string of the molecule is CC1CCCN(c2ccc([C@@H](C)O)nc2)CC1. The molecule has 1 aliphatic heterocycles. The minimum absolute atomic E-state index is 0.479. The summed E-state index contributed by atoms with van der Waals surface area (Å²) >= 11 is 0. The van der Waals surface area contributed by atoms with Gasteiger partial charge in [0.15, 0.2) is 0 Å². The molecule has 17 heavy (non-hydrogen) atoms. The van der Waals surface area contributed by atoms with Crippen molar-refractivity contribution in [2.75, 3.05) is 18.0 Å². The number of aliphatic hydroxyl groups excluding tert-OH is 1. The van der Waals surface area contributed by atoms with Gasteiger partial charge in [-0.1, -0.05) is 6.92 Å². The molecule has 1 saturated heterocycles. The van der Waals surface area contributed by atoms with Crippen LogP contribution in [0.5, 0.6) is 0 Å². The molecule has 0 spiro atoms. The van der Waals surface area contributed by atoms with Gasteiger partial charge in [0.2, 0.25) is 0 Å². The highest BCUT2D eigenvalue weighted by atomic mass is 16.3. The van der Waals surface area contributed by atoms with Gasteiger partial charge in [0.05, 0.1) is 23.7 Å². The van der Waals surface area contributed by atoms with Crippen LogP contribution >= 0.6 is 0 Å². The van der Waals surface area contributed by atoms with E-state index in [-0.39, 0.29) is 0 Å². The topological polar surface area (TPSA) is 36.4 Å². The van der Waals surface area contributed by atoms with E-state index in [0.29, 0.717) is 0 Å². The summed E-state index contributed by atoms with van der Waals surface area (Å²) in [6.45, 7) is 6.32. The standard InChI is InChI=1S/C14H22N2O/c1-11-4-3-8-16(9-7-11)13-5-6-14(12(2)17)15-10-13/h5-6,10-12,17H,3-4,7-9H2,1-2H3/t11?,12-/m1/s1. The molecule has 3 heteroatoms. The van der Waals surface area contributed by atoms with Gasteiger partial charge in [-0.05, 0) is 44.2 Å². The molecule has 0 saturated carbocycles. The molecular formula is C14H22N2O. The van der Waals surface area contributed by atoms with Crippen molar-refractivity contribution >= 4 is 5.69 Å². The second-order valence-corrected chi connectivity index (χ2v) is 5.14. The molecular weight excluding hydrogens is 212 g/mol. The summed E-state index contributed by atoms with van der Waals surface area (Å²) in [5.74, 6) is 0.838. The Morgan fingerprint density at radius 2 is 2.18 bits per heavy atom. The van der Waals surface area contributed by atoms with Crippen LogP contribution in [0.25, 0.3) is 0 Å². The van der Waals surface area contributed by atoms with Crippen LogP contribution in [0.3, 0.4) is 0 Å². The van der Waals surface area contributed by atoms with Crippen LogP contribution in [0.15, 0.2) is 18.3 Å². The minimum atomic E-state index is -0.479. The summed E-state index contributed by atoms with van der Waals surface area (Å²) in [7, 11) is 0. The summed E-state index contributed by atoms with van der Waals surface area (Å²) in [4.78, 5) is 6.72. The molecule has 3 nitrogen and oxygen atoms in total. The molecule has 1 unspecified atom stereocenters. The lowest BCUT2D eigenvalue weighted by Gasteiger charge is -2.22. The van der Waals surface area contributed by atoms with Crippen LogP contribution in [0.4, 0.5) is 5.69 Å². The summed E-state index contributed by atoms with van der Waals surface area (Å²) in [6, 6.07) is 4.00. The van der Waals surface area contributed by atoms with Crippen molar-refractivity contribution in [1.82, 2.24) is 4.98 Å².